The Kier molecular flexibility index (Phi) is 3.63. The summed E-state index contributed by atoms with van der Waals surface area (Å²) < 4.78 is 0. The number of nitrogen functional groups attached to an aromatic ring is 1. The van der Waals surface area contributed by atoms with E-state index in [1.165, 1.54) is 11.3 Å². The van der Waals surface area contributed by atoms with Gasteiger partial charge in [-0.25, -0.2) is 4.98 Å². The molecule has 0 aromatic carbocycles. The van der Waals surface area contributed by atoms with Crippen molar-refractivity contribution in [3.63, 3.8) is 0 Å². The maximum atomic E-state index is 12.2. The van der Waals surface area contributed by atoms with Gasteiger partial charge in [0, 0.05) is 25.7 Å². The van der Waals surface area contributed by atoms with Gasteiger partial charge in [0.15, 0.2) is 5.13 Å². The lowest BCUT2D eigenvalue weighted by Crippen LogP contribution is -2.52. The first-order valence-corrected chi connectivity index (χ1v) is 6.64. The summed E-state index contributed by atoms with van der Waals surface area (Å²) >= 11 is 1.26. The molecule has 17 heavy (non-hydrogen) atoms. The van der Waals surface area contributed by atoms with Gasteiger partial charge in [-0.2, -0.15) is 0 Å². The first kappa shape index (κ1) is 12.3. The van der Waals surface area contributed by atoms with E-state index in [-0.39, 0.29) is 5.91 Å². The van der Waals surface area contributed by atoms with Crippen LogP contribution in [0.15, 0.2) is 6.20 Å². The molecule has 0 bridgehead atoms. The summed E-state index contributed by atoms with van der Waals surface area (Å²) in [5, 5.41) is 0.453. The van der Waals surface area contributed by atoms with Crippen LogP contribution in [0.1, 0.15) is 23.0 Å². The van der Waals surface area contributed by atoms with Crippen LogP contribution in [0.4, 0.5) is 5.13 Å². The number of anilines is 1. The molecule has 0 saturated carbocycles. The molecule has 6 heteroatoms. The quantitative estimate of drug-likeness (QED) is 0.851. The van der Waals surface area contributed by atoms with Crippen molar-refractivity contribution >= 4 is 22.4 Å². The fraction of sp³-hybridized carbons (Fsp3) is 0.636. The SMILES string of the molecule is CCC1CN(C(=O)c2cnc(N)s2)CCN1C. The van der Waals surface area contributed by atoms with E-state index in [1.54, 1.807) is 6.20 Å². The van der Waals surface area contributed by atoms with Crippen LogP contribution in [-0.2, 0) is 0 Å². The highest BCUT2D eigenvalue weighted by atomic mass is 32.1. The van der Waals surface area contributed by atoms with E-state index in [0.29, 0.717) is 16.1 Å². The predicted octanol–water partition coefficient (Wildman–Crippen LogP) is 0.892. The number of nitrogens with zero attached hydrogens (tertiary/aromatic N) is 3. The van der Waals surface area contributed by atoms with Crippen LogP contribution in [0.3, 0.4) is 0 Å². The van der Waals surface area contributed by atoms with E-state index in [9.17, 15) is 4.79 Å². The van der Waals surface area contributed by atoms with Crippen LogP contribution in [0, 0.1) is 0 Å². The van der Waals surface area contributed by atoms with Crippen LogP contribution in [0.2, 0.25) is 0 Å². The molecule has 94 valence electrons. The topological polar surface area (TPSA) is 62.5 Å². The number of aromatic nitrogens is 1. The Morgan fingerprint density at radius 2 is 2.41 bits per heavy atom. The van der Waals surface area contributed by atoms with Crippen molar-refractivity contribution in [2.45, 2.75) is 19.4 Å². The number of nitrogens with two attached hydrogens (primary N) is 1. The monoisotopic (exact) mass is 254 g/mol. The van der Waals surface area contributed by atoms with Crippen LogP contribution in [0.25, 0.3) is 0 Å². The van der Waals surface area contributed by atoms with Crippen LogP contribution in [-0.4, -0.2) is 53.4 Å². The molecular weight excluding hydrogens is 236 g/mol. The molecule has 1 fully saturated rings. The standard InChI is InChI=1S/C11H18N4OS/c1-3-8-7-15(5-4-14(8)2)10(16)9-6-13-11(12)17-9/h6,8H,3-5,7H2,1-2H3,(H2,12,13). The van der Waals surface area contributed by atoms with Crippen molar-refractivity contribution in [2.24, 2.45) is 0 Å². The van der Waals surface area contributed by atoms with E-state index in [4.69, 9.17) is 5.73 Å². The minimum atomic E-state index is 0.0609. The summed E-state index contributed by atoms with van der Waals surface area (Å²) in [6, 6.07) is 0.456. The summed E-state index contributed by atoms with van der Waals surface area (Å²) in [6.07, 6.45) is 2.63. The maximum absolute atomic E-state index is 12.2. The first-order valence-electron chi connectivity index (χ1n) is 5.82. The number of rotatable bonds is 2. The molecule has 2 N–H and O–H groups in total. The molecule has 0 aliphatic carbocycles. The molecule has 2 rings (SSSR count). The summed E-state index contributed by atoms with van der Waals surface area (Å²) in [5.41, 5.74) is 5.55. The number of amides is 1. The molecular formula is C11H18N4OS. The van der Waals surface area contributed by atoms with E-state index < -0.39 is 0 Å². The minimum absolute atomic E-state index is 0.0609. The molecule has 1 saturated heterocycles. The summed E-state index contributed by atoms with van der Waals surface area (Å²) in [5.74, 6) is 0.0609. The fourth-order valence-electron chi connectivity index (χ4n) is 2.11. The van der Waals surface area contributed by atoms with Gasteiger partial charge >= 0.3 is 0 Å². The third kappa shape index (κ3) is 2.58. The van der Waals surface area contributed by atoms with Crippen molar-refractivity contribution in [3.05, 3.63) is 11.1 Å². The highest BCUT2D eigenvalue weighted by Gasteiger charge is 2.27. The van der Waals surface area contributed by atoms with Gasteiger partial charge in [0.05, 0.1) is 6.20 Å². The highest BCUT2D eigenvalue weighted by molar-refractivity contribution is 7.17. The van der Waals surface area contributed by atoms with Crippen molar-refractivity contribution < 1.29 is 4.79 Å². The van der Waals surface area contributed by atoms with Crippen LogP contribution in [0.5, 0.6) is 0 Å². The number of thiazole rings is 1. The van der Waals surface area contributed by atoms with Gasteiger partial charge in [0.1, 0.15) is 4.88 Å². The van der Waals surface area contributed by atoms with Crippen molar-refractivity contribution in [1.82, 2.24) is 14.8 Å². The Labute approximate surface area is 105 Å². The molecule has 1 aliphatic heterocycles. The van der Waals surface area contributed by atoms with Crippen molar-refractivity contribution in [1.29, 1.82) is 0 Å². The van der Waals surface area contributed by atoms with Crippen LogP contribution >= 0.6 is 11.3 Å². The lowest BCUT2D eigenvalue weighted by Gasteiger charge is -2.38. The Hall–Kier alpha value is -1.14. The van der Waals surface area contributed by atoms with Gasteiger partial charge in [-0.3, -0.25) is 9.69 Å². The molecule has 0 radical (unpaired) electrons. The van der Waals surface area contributed by atoms with E-state index in [0.717, 1.165) is 26.1 Å². The smallest absolute Gasteiger partial charge is 0.265 e. The zero-order chi connectivity index (χ0) is 12.4. The number of likely N-dealkylation sites (N-methyl/N-ethyl adjacent to an activating group) is 1. The first-order chi connectivity index (χ1) is 8.11. The van der Waals surface area contributed by atoms with Crippen molar-refractivity contribution in [3.8, 4) is 0 Å². The number of hydrogen-bond acceptors (Lipinski definition) is 5. The van der Waals surface area contributed by atoms with Gasteiger partial charge in [-0.05, 0) is 13.5 Å². The number of carbonyl (C=O) groups is 1. The second-order valence-electron chi connectivity index (χ2n) is 4.36. The number of hydrogen-bond donors (Lipinski definition) is 1. The maximum Gasteiger partial charge on any atom is 0.265 e. The lowest BCUT2D eigenvalue weighted by molar-refractivity contribution is 0.0546. The third-order valence-electron chi connectivity index (χ3n) is 3.27. The van der Waals surface area contributed by atoms with Gasteiger partial charge in [-0.15, -0.1) is 0 Å². The molecule has 1 unspecified atom stereocenters. The Balaban J connectivity index is 2.05. The second kappa shape index (κ2) is 5.01. The van der Waals surface area contributed by atoms with Gasteiger partial charge in [0.2, 0.25) is 0 Å². The molecule has 1 aliphatic rings. The zero-order valence-electron chi connectivity index (χ0n) is 10.2. The fourth-order valence-corrected chi connectivity index (χ4v) is 2.77. The summed E-state index contributed by atoms with van der Waals surface area (Å²) in [6.45, 7) is 4.66. The normalized spacial score (nSPS) is 21.8. The van der Waals surface area contributed by atoms with Crippen LogP contribution < -0.4 is 5.73 Å². The largest absolute Gasteiger partial charge is 0.375 e. The molecule has 2 heterocycles. The predicted molar refractivity (Wildman–Crippen MR) is 69.1 cm³/mol. The van der Waals surface area contributed by atoms with E-state index in [1.807, 2.05) is 4.90 Å². The van der Waals surface area contributed by atoms with E-state index in [2.05, 4.69) is 23.9 Å². The molecule has 1 aromatic rings. The highest BCUT2D eigenvalue weighted by Crippen LogP contribution is 2.19. The molecule has 0 spiro atoms. The zero-order valence-corrected chi connectivity index (χ0v) is 11.0. The number of piperazine rings is 1. The Bertz CT molecular complexity index is 406. The Morgan fingerprint density at radius 1 is 1.65 bits per heavy atom. The van der Waals surface area contributed by atoms with E-state index >= 15 is 0 Å². The molecule has 5 nitrogen and oxygen atoms in total. The molecule has 1 aromatic heterocycles. The molecule has 1 atom stereocenters. The number of carbonyl (C=O) groups excluding carboxylic acids is 1. The van der Waals surface area contributed by atoms with Gasteiger partial charge in [0.25, 0.3) is 5.91 Å². The van der Waals surface area contributed by atoms with Crippen molar-refractivity contribution in [2.75, 3.05) is 32.4 Å². The lowest BCUT2D eigenvalue weighted by atomic mass is 10.1. The second-order valence-corrected chi connectivity index (χ2v) is 5.42. The average Bonchev–Trinajstić information content (AvgIpc) is 2.75. The Morgan fingerprint density at radius 3 is 3.00 bits per heavy atom. The van der Waals surface area contributed by atoms with Gasteiger partial charge in [-0.1, -0.05) is 18.3 Å². The third-order valence-corrected chi connectivity index (χ3v) is 4.08. The molecule has 1 amide bonds. The van der Waals surface area contributed by atoms with Gasteiger partial charge < -0.3 is 10.6 Å². The summed E-state index contributed by atoms with van der Waals surface area (Å²) in [7, 11) is 2.11. The summed E-state index contributed by atoms with van der Waals surface area (Å²) in [4.78, 5) is 21.0. The minimum Gasteiger partial charge on any atom is -0.375 e. The average molecular weight is 254 g/mol.